The third kappa shape index (κ3) is 3.73. The molecule has 1 heterocycles. The molecule has 2 rings (SSSR count). The van der Waals surface area contributed by atoms with E-state index in [1.54, 1.807) is 4.90 Å². The Balaban J connectivity index is 1.94. The predicted octanol–water partition coefficient (Wildman–Crippen LogP) is 2.96. The average Bonchev–Trinajstić information content (AvgIpc) is 2.86. The molecule has 1 aromatic carbocycles. The van der Waals surface area contributed by atoms with Crippen LogP contribution in [0.3, 0.4) is 0 Å². The number of hydrogen-bond donors (Lipinski definition) is 1. The number of nitrogens with one attached hydrogen (secondary N) is 1. The monoisotopic (exact) mass is 276 g/mol. The van der Waals surface area contributed by atoms with Crippen molar-refractivity contribution in [2.45, 2.75) is 44.9 Å². The summed E-state index contributed by atoms with van der Waals surface area (Å²) in [6, 6.07) is 10.8. The molecule has 1 N–H and O–H groups in total. The van der Waals surface area contributed by atoms with E-state index < -0.39 is 5.60 Å². The minimum absolute atomic E-state index is 0.176. The summed E-state index contributed by atoms with van der Waals surface area (Å²) < 4.78 is 5.41. The van der Waals surface area contributed by atoms with Crippen molar-refractivity contribution >= 4 is 6.09 Å². The Bertz CT molecular complexity index is 453. The molecule has 0 unspecified atom stereocenters. The molecule has 1 aliphatic rings. The van der Waals surface area contributed by atoms with Crippen LogP contribution in [-0.2, 0) is 4.74 Å². The van der Waals surface area contributed by atoms with Gasteiger partial charge in [-0.15, -0.1) is 0 Å². The van der Waals surface area contributed by atoms with E-state index in [4.69, 9.17) is 4.74 Å². The topological polar surface area (TPSA) is 41.6 Å². The normalized spacial score (nSPS) is 22.6. The fourth-order valence-electron chi connectivity index (χ4n) is 2.43. The number of carbonyl (C=O) groups is 1. The number of rotatable bonds is 2. The van der Waals surface area contributed by atoms with Gasteiger partial charge in [0.1, 0.15) is 5.60 Å². The van der Waals surface area contributed by atoms with Gasteiger partial charge in [-0.1, -0.05) is 30.3 Å². The van der Waals surface area contributed by atoms with Crippen molar-refractivity contribution in [3.05, 3.63) is 35.9 Å². The van der Waals surface area contributed by atoms with Gasteiger partial charge in [0.15, 0.2) is 0 Å². The Morgan fingerprint density at radius 2 is 1.95 bits per heavy atom. The summed E-state index contributed by atoms with van der Waals surface area (Å²) in [5.41, 5.74) is 0.823. The second kappa shape index (κ2) is 5.83. The van der Waals surface area contributed by atoms with Crippen LogP contribution < -0.4 is 5.32 Å². The summed E-state index contributed by atoms with van der Waals surface area (Å²) in [5.74, 6) is 0. The Kier molecular flexibility index (Phi) is 4.33. The highest BCUT2D eigenvalue weighted by Crippen LogP contribution is 2.26. The molecule has 0 spiro atoms. The van der Waals surface area contributed by atoms with Crippen molar-refractivity contribution in [1.29, 1.82) is 0 Å². The first-order valence-electron chi connectivity index (χ1n) is 7.11. The van der Waals surface area contributed by atoms with E-state index in [-0.39, 0.29) is 12.1 Å². The molecule has 1 fully saturated rings. The minimum atomic E-state index is -0.448. The van der Waals surface area contributed by atoms with E-state index in [0.29, 0.717) is 6.04 Å². The van der Waals surface area contributed by atoms with E-state index in [1.807, 2.05) is 46.0 Å². The standard InChI is InChI=1S/C16H24N2O2/c1-16(2,3)20-15(19)18(4)13-10-14(17-11-13)12-8-6-5-7-9-12/h5-9,13-14,17H,10-11H2,1-4H3/t13-,14-/m0/s1. The third-order valence-electron chi connectivity index (χ3n) is 3.54. The van der Waals surface area contributed by atoms with Gasteiger partial charge in [-0.05, 0) is 32.8 Å². The largest absolute Gasteiger partial charge is 0.444 e. The number of amides is 1. The Morgan fingerprint density at radius 1 is 1.30 bits per heavy atom. The fourth-order valence-corrected chi connectivity index (χ4v) is 2.43. The molecule has 1 amide bonds. The van der Waals surface area contributed by atoms with Gasteiger partial charge in [-0.25, -0.2) is 4.79 Å². The van der Waals surface area contributed by atoms with Crippen LogP contribution in [0.2, 0.25) is 0 Å². The Hall–Kier alpha value is -1.55. The van der Waals surface area contributed by atoms with Crippen molar-refractivity contribution in [2.24, 2.45) is 0 Å². The number of nitrogens with zero attached hydrogens (tertiary/aromatic N) is 1. The smallest absolute Gasteiger partial charge is 0.410 e. The molecular weight excluding hydrogens is 252 g/mol. The lowest BCUT2D eigenvalue weighted by atomic mass is 10.0. The quantitative estimate of drug-likeness (QED) is 0.903. The molecular formula is C16H24N2O2. The zero-order chi connectivity index (χ0) is 14.8. The summed E-state index contributed by atoms with van der Waals surface area (Å²) in [6.07, 6.45) is 0.665. The number of hydrogen-bond acceptors (Lipinski definition) is 3. The summed E-state index contributed by atoms with van der Waals surface area (Å²) in [4.78, 5) is 13.8. The highest BCUT2D eigenvalue weighted by molar-refractivity contribution is 5.68. The molecule has 1 saturated heterocycles. The van der Waals surface area contributed by atoms with Gasteiger partial charge in [0.2, 0.25) is 0 Å². The third-order valence-corrected chi connectivity index (χ3v) is 3.54. The first kappa shape index (κ1) is 14.9. The van der Waals surface area contributed by atoms with E-state index in [1.165, 1.54) is 5.56 Å². The van der Waals surface area contributed by atoms with E-state index in [9.17, 15) is 4.79 Å². The molecule has 0 aliphatic carbocycles. The summed E-state index contributed by atoms with van der Waals surface area (Å²) in [7, 11) is 1.81. The summed E-state index contributed by atoms with van der Waals surface area (Å²) in [6.45, 7) is 6.46. The SMILES string of the molecule is CN(C(=O)OC(C)(C)C)[C@@H]1CN[C@H](c2ccccc2)C1. The molecule has 4 heteroatoms. The van der Waals surface area contributed by atoms with Gasteiger partial charge >= 0.3 is 6.09 Å². The molecule has 20 heavy (non-hydrogen) atoms. The van der Waals surface area contributed by atoms with E-state index in [2.05, 4.69) is 17.4 Å². The van der Waals surface area contributed by atoms with Crippen molar-refractivity contribution in [3.8, 4) is 0 Å². The summed E-state index contributed by atoms with van der Waals surface area (Å²) >= 11 is 0. The highest BCUT2D eigenvalue weighted by atomic mass is 16.6. The van der Waals surface area contributed by atoms with Gasteiger partial charge in [-0.2, -0.15) is 0 Å². The fraction of sp³-hybridized carbons (Fsp3) is 0.562. The molecule has 4 nitrogen and oxygen atoms in total. The predicted molar refractivity (Wildman–Crippen MR) is 79.6 cm³/mol. The molecule has 2 atom stereocenters. The van der Waals surface area contributed by atoms with Crippen molar-refractivity contribution in [1.82, 2.24) is 10.2 Å². The number of benzene rings is 1. The van der Waals surface area contributed by atoms with E-state index >= 15 is 0 Å². The van der Waals surface area contributed by atoms with Crippen molar-refractivity contribution in [2.75, 3.05) is 13.6 Å². The maximum absolute atomic E-state index is 12.1. The van der Waals surface area contributed by atoms with Gasteiger partial charge in [0.25, 0.3) is 0 Å². The molecule has 1 aromatic rings. The lowest BCUT2D eigenvalue weighted by Gasteiger charge is -2.28. The summed E-state index contributed by atoms with van der Waals surface area (Å²) in [5, 5.41) is 3.47. The van der Waals surface area contributed by atoms with Crippen LogP contribution in [0.4, 0.5) is 4.79 Å². The average molecular weight is 276 g/mol. The molecule has 0 aromatic heterocycles. The molecule has 110 valence electrons. The van der Waals surface area contributed by atoms with Crippen molar-refractivity contribution < 1.29 is 9.53 Å². The van der Waals surface area contributed by atoms with Gasteiger partial charge in [0, 0.05) is 25.7 Å². The second-order valence-corrected chi connectivity index (χ2v) is 6.35. The molecule has 0 radical (unpaired) electrons. The van der Waals surface area contributed by atoms with Crippen LogP contribution in [0.5, 0.6) is 0 Å². The molecule has 0 bridgehead atoms. The van der Waals surface area contributed by atoms with Crippen LogP contribution in [0.15, 0.2) is 30.3 Å². The van der Waals surface area contributed by atoms with Crippen LogP contribution in [0, 0.1) is 0 Å². The molecule has 0 saturated carbocycles. The minimum Gasteiger partial charge on any atom is -0.444 e. The number of carbonyl (C=O) groups excluding carboxylic acids is 1. The number of likely N-dealkylation sites (N-methyl/N-ethyl adjacent to an activating group) is 1. The second-order valence-electron chi connectivity index (χ2n) is 6.35. The first-order chi connectivity index (χ1) is 9.37. The van der Waals surface area contributed by atoms with Gasteiger partial charge in [-0.3, -0.25) is 0 Å². The van der Waals surface area contributed by atoms with Crippen molar-refractivity contribution in [3.63, 3.8) is 0 Å². The van der Waals surface area contributed by atoms with Gasteiger partial charge < -0.3 is 15.0 Å². The Morgan fingerprint density at radius 3 is 2.55 bits per heavy atom. The van der Waals surface area contributed by atoms with Crippen LogP contribution >= 0.6 is 0 Å². The lowest BCUT2D eigenvalue weighted by molar-refractivity contribution is 0.0235. The molecule has 1 aliphatic heterocycles. The van der Waals surface area contributed by atoms with Crippen LogP contribution in [0.25, 0.3) is 0 Å². The Labute approximate surface area is 121 Å². The zero-order valence-electron chi connectivity index (χ0n) is 12.7. The lowest BCUT2D eigenvalue weighted by Crippen LogP contribution is -2.41. The number of ether oxygens (including phenoxy) is 1. The van der Waals surface area contributed by atoms with Crippen LogP contribution in [0.1, 0.15) is 38.8 Å². The first-order valence-corrected chi connectivity index (χ1v) is 7.11. The van der Waals surface area contributed by atoms with Crippen LogP contribution in [-0.4, -0.2) is 36.2 Å². The maximum atomic E-state index is 12.1. The van der Waals surface area contributed by atoms with E-state index in [0.717, 1.165) is 13.0 Å². The maximum Gasteiger partial charge on any atom is 0.410 e. The van der Waals surface area contributed by atoms with Gasteiger partial charge in [0.05, 0.1) is 0 Å². The zero-order valence-corrected chi connectivity index (χ0v) is 12.7. The highest BCUT2D eigenvalue weighted by Gasteiger charge is 2.32.